The predicted octanol–water partition coefficient (Wildman–Crippen LogP) is 3.89. The molecule has 1 aliphatic rings. The Balaban J connectivity index is 1.44. The molecule has 0 bridgehead atoms. The molecule has 1 amide bonds. The quantitative estimate of drug-likeness (QED) is 0.615. The van der Waals surface area contributed by atoms with Gasteiger partial charge in [-0.25, -0.2) is 0 Å². The SMILES string of the molecule is COc1ccc2c(CC(=O)O[C@H](C)C(=O)N3c4ccccc4C[C@H]3C)coc2c1. The molecule has 0 saturated heterocycles. The summed E-state index contributed by atoms with van der Waals surface area (Å²) in [7, 11) is 1.58. The third-order valence-corrected chi connectivity index (χ3v) is 5.30. The summed E-state index contributed by atoms with van der Waals surface area (Å²) < 4.78 is 16.2. The van der Waals surface area contributed by atoms with Crippen molar-refractivity contribution in [1.29, 1.82) is 0 Å². The molecule has 0 aliphatic carbocycles. The largest absolute Gasteiger partial charge is 0.497 e. The molecule has 0 saturated carbocycles. The number of carbonyl (C=O) groups is 2. The lowest BCUT2D eigenvalue weighted by molar-refractivity contribution is -0.153. The van der Waals surface area contributed by atoms with Gasteiger partial charge in [-0.15, -0.1) is 0 Å². The van der Waals surface area contributed by atoms with Crippen molar-refractivity contribution in [2.45, 2.75) is 38.8 Å². The molecular weight excluding hydrogens is 370 g/mol. The van der Waals surface area contributed by atoms with Gasteiger partial charge in [-0.3, -0.25) is 9.59 Å². The number of fused-ring (bicyclic) bond motifs is 2. The van der Waals surface area contributed by atoms with Crippen molar-refractivity contribution in [3.8, 4) is 5.75 Å². The highest BCUT2D eigenvalue weighted by atomic mass is 16.5. The van der Waals surface area contributed by atoms with E-state index in [1.54, 1.807) is 25.0 Å². The van der Waals surface area contributed by atoms with Crippen LogP contribution in [-0.4, -0.2) is 31.1 Å². The van der Waals surface area contributed by atoms with Crippen LogP contribution >= 0.6 is 0 Å². The predicted molar refractivity (Wildman–Crippen MR) is 109 cm³/mol. The summed E-state index contributed by atoms with van der Waals surface area (Å²) in [6.45, 7) is 3.62. The maximum Gasteiger partial charge on any atom is 0.311 e. The van der Waals surface area contributed by atoms with Crippen LogP contribution in [0.4, 0.5) is 5.69 Å². The highest BCUT2D eigenvalue weighted by Crippen LogP contribution is 2.32. The Morgan fingerprint density at radius 1 is 1.24 bits per heavy atom. The minimum atomic E-state index is -0.866. The Morgan fingerprint density at radius 2 is 2.03 bits per heavy atom. The Morgan fingerprint density at radius 3 is 2.83 bits per heavy atom. The molecular formula is C23H23NO5. The van der Waals surface area contributed by atoms with Crippen LogP contribution in [0.25, 0.3) is 11.0 Å². The number of rotatable bonds is 5. The first kappa shape index (κ1) is 19.1. The maximum atomic E-state index is 13.0. The average Bonchev–Trinajstić information content (AvgIpc) is 3.26. The average molecular weight is 393 g/mol. The molecule has 29 heavy (non-hydrogen) atoms. The summed E-state index contributed by atoms with van der Waals surface area (Å²) in [5.74, 6) is 0.00213. The molecule has 0 N–H and O–H groups in total. The molecule has 2 aromatic carbocycles. The number of amides is 1. The lowest BCUT2D eigenvalue weighted by Crippen LogP contribution is -2.43. The number of benzene rings is 2. The van der Waals surface area contributed by atoms with E-state index in [9.17, 15) is 9.59 Å². The molecule has 2 heterocycles. The highest BCUT2D eigenvalue weighted by Gasteiger charge is 2.34. The molecule has 4 rings (SSSR count). The van der Waals surface area contributed by atoms with E-state index in [4.69, 9.17) is 13.9 Å². The van der Waals surface area contributed by atoms with E-state index < -0.39 is 12.1 Å². The fourth-order valence-corrected chi connectivity index (χ4v) is 3.87. The second-order valence-electron chi connectivity index (χ2n) is 7.32. The van der Waals surface area contributed by atoms with Gasteiger partial charge < -0.3 is 18.8 Å². The fraction of sp³-hybridized carbons (Fsp3) is 0.304. The van der Waals surface area contributed by atoms with Crippen molar-refractivity contribution < 1.29 is 23.5 Å². The van der Waals surface area contributed by atoms with Crippen LogP contribution in [0.15, 0.2) is 53.1 Å². The van der Waals surface area contributed by atoms with Crippen molar-refractivity contribution in [3.63, 3.8) is 0 Å². The second-order valence-corrected chi connectivity index (χ2v) is 7.32. The van der Waals surface area contributed by atoms with Crippen LogP contribution in [0.1, 0.15) is 25.0 Å². The number of hydrogen-bond donors (Lipinski definition) is 0. The molecule has 1 aliphatic heterocycles. The van der Waals surface area contributed by atoms with Crippen LogP contribution in [0.2, 0.25) is 0 Å². The van der Waals surface area contributed by atoms with Crippen molar-refractivity contribution in [3.05, 3.63) is 59.9 Å². The summed E-state index contributed by atoms with van der Waals surface area (Å²) >= 11 is 0. The normalized spacial score (nSPS) is 16.5. The lowest BCUT2D eigenvalue weighted by atomic mass is 10.1. The van der Waals surface area contributed by atoms with Gasteiger partial charge in [0.05, 0.1) is 19.8 Å². The van der Waals surface area contributed by atoms with Gasteiger partial charge >= 0.3 is 5.97 Å². The molecule has 0 fully saturated rings. The third kappa shape index (κ3) is 3.58. The van der Waals surface area contributed by atoms with Gasteiger partial charge in [0.1, 0.15) is 11.3 Å². The summed E-state index contributed by atoms with van der Waals surface area (Å²) in [4.78, 5) is 27.2. The van der Waals surface area contributed by atoms with Crippen molar-refractivity contribution in [2.75, 3.05) is 12.0 Å². The third-order valence-electron chi connectivity index (χ3n) is 5.30. The van der Waals surface area contributed by atoms with E-state index >= 15 is 0 Å². The monoisotopic (exact) mass is 393 g/mol. The molecule has 6 heteroatoms. The number of furan rings is 1. The number of hydrogen-bond acceptors (Lipinski definition) is 5. The summed E-state index contributed by atoms with van der Waals surface area (Å²) in [5.41, 5.74) is 3.38. The molecule has 150 valence electrons. The maximum absolute atomic E-state index is 13.0. The fourth-order valence-electron chi connectivity index (χ4n) is 3.87. The Kier molecular flexibility index (Phi) is 5.01. The molecule has 6 nitrogen and oxygen atoms in total. The van der Waals surface area contributed by atoms with Gasteiger partial charge in [0.2, 0.25) is 0 Å². The Labute approximate surface area is 169 Å². The molecule has 3 aromatic rings. The number of nitrogens with zero attached hydrogens (tertiary/aromatic N) is 1. The van der Waals surface area contributed by atoms with Gasteiger partial charge in [0.25, 0.3) is 5.91 Å². The molecule has 0 spiro atoms. The first-order valence-electron chi connectivity index (χ1n) is 9.62. The Hall–Kier alpha value is -3.28. The van der Waals surface area contributed by atoms with E-state index in [-0.39, 0.29) is 18.4 Å². The van der Waals surface area contributed by atoms with Gasteiger partial charge in [-0.2, -0.15) is 0 Å². The van der Waals surface area contributed by atoms with E-state index in [1.807, 2.05) is 43.3 Å². The molecule has 0 unspecified atom stereocenters. The topological polar surface area (TPSA) is 69.0 Å². The molecule has 1 aromatic heterocycles. The number of ether oxygens (including phenoxy) is 2. The second kappa shape index (κ2) is 7.62. The van der Waals surface area contributed by atoms with Crippen molar-refractivity contribution in [1.82, 2.24) is 0 Å². The molecule has 0 radical (unpaired) electrons. The zero-order valence-electron chi connectivity index (χ0n) is 16.7. The van der Waals surface area contributed by atoms with Crippen LogP contribution in [0.3, 0.4) is 0 Å². The summed E-state index contributed by atoms with van der Waals surface area (Å²) in [6, 6.07) is 13.3. The standard InChI is InChI=1S/C23H23NO5/c1-14-10-16-6-4-5-7-20(16)24(14)23(26)15(2)29-22(25)11-17-13-28-21-12-18(27-3)8-9-19(17)21/h4-9,12-15H,10-11H2,1-3H3/t14-,15-/m1/s1. The number of methoxy groups -OCH3 is 1. The minimum Gasteiger partial charge on any atom is -0.497 e. The van der Waals surface area contributed by atoms with Gasteiger partial charge in [0, 0.05) is 28.7 Å². The van der Waals surface area contributed by atoms with Crippen LogP contribution in [0.5, 0.6) is 5.75 Å². The highest BCUT2D eigenvalue weighted by molar-refractivity contribution is 6.00. The summed E-state index contributed by atoms with van der Waals surface area (Å²) in [6.07, 6.45) is 1.50. The van der Waals surface area contributed by atoms with E-state index in [0.717, 1.165) is 23.1 Å². The van der Waals surface area contributed by atoms with E-state index in [1.165, 1.54) is 6.26 Å². The van der Waals surface area contributed by atoms with Gasteiger partial charge in [0.15, 0.2) is 6.10 Å². The number of para-hydroxylation sites is 1. The van der Waals surface area contributed by atoms with E-state index in [0.29, 0.717) is 16.9 Å². The number of carbonyl (C=O) groups excluding carboxylic acids is 2. The van der Waals surface area contributed by atoms with Crippen molar-refractivity contribution in [2.24, 2.45) is 0 Å². The number of esters is 1. The Bertz CT molecular complexity index is 1070. The van der Waals surface area contributed by atoms with E-state index in [2.05, 4.69) is 0 Å². The summed E-state index contributed by atoms with van der Waals surface area (Å²) in [5, 5.41) is 0.823. The minimum absolute atomic E-state index is 0.0308. The first-order chi connectivity index (χ1) is 14.0. The van der Waals surface area contributed by atoms with Gasteiger partial charge in [-0.1, -0.05) is 18.2 Å². The van der Waals surface area contributed by atoms with Crippen LogP contribution in [0, 0.1) is 0 Å². The van der Waals surface area contributed by atoms with Crippen LogP contribution in [-0.2, 0) is 27.2 Å². The zero-order valence-corrected chi connectivity index (χ0v) is 16.7. The smallest absolute Gasteiger partial charge is 0.311 e. The molecule has 2 atom stereocenters. The van der Waals surface area contributed by atoms with Gasteiger partial charge in [-0.05, 0) is 44.0 Å². The van der Waals surface area contributed by atoms with Crippen LogP contribution < -0.4 is 9.64 Å². The number of anilines is 1. The zero-order chi connectivity index (χ0) is 20.5. The lowest BCUT2D eigenvalue weighted by Gasteiger charge is -2.25. The first-order valence-corrected chi connectivity index (χ1v) is 9.62. The van der Waals surface area contributed by atoms with Crippen molar-refractivity contribution >= 4 is 28.5 Å².